The van der Waals surface area contributed by atoms with Crippen molar-refractivity contribution in [3.8, 4) is 11.1 Å². The van der Waals surface area contributed by atoms with E-state index in [-0.39, 0.29) is 11.8 Å². The van der Waals surface area contributed by atoms with Gasteiger partial charge in [-0.2, -0.15) is 0 Å². The first-order chi connectivity index (χ1) is 19.5. The van der Waals surface area contributed by atoms with Crippen molar-refractivity contribution in [2.75, 3.05) is 19.8 Å². The Hall–Kier alpha value is -4.12. The van der Waals surface area contributed by atoms with Gasteiger partial charge >= 0.3 is 0 Å². The summed E-state index contributed by atoms with van der Waals surface area (Å²) in [4.78, 5) is 41.0. The molecular weight excluding hydrogens is 548 g/mol. The Kier molecular flexibility index (Phi) is 7.65. The highest BCUT2D eigenvalue weighted by Crippen LogP contribution is 2.44. The third kappa shape index (κ3) is 5.46. The van der Waals surface area contributed by atoms with Crippen LogP contribution in [0.4, 0.5) is 8.78 Å². The van der Waals surface area contributed by atoms with Crippen LogP contribution in [0, 0.1) is 5.41 Å². The monoisotopic (exact) mass is 579 g/mol. The molecule has 4 atom stereocenters. The van der Waals surface area contributed by atoms with Crippen molar-refractivity contribution in [2.45, 2.75) is 43.9 Å². The van der Waals surface area contributed by atoms with Crippen LogP contribution < -0.4 is 16.4 Å². The second kappa shape index (κ2) is 11.0. The van der Waals surface area contributed by atoms with Crippen molar-refractivity contribution in [3.05, 3.63) is 81.0 Å². The molecule has 3 aromatic rings. The van der Waals surface area contributed by atoms with E-state index in [1.807, 2.05) is 30.3 Å². The molecule has 0 saturated carbocycles. The lowest BCUT2D eigenvalue weighted by Gasteiger charge is -2.25. The van der Waals surface area contributed by atoms with E-state index < -0.39 is 61.7 Å². The summed E-state index contributed by atoms with van der Waals surface area (Å²) in [6.45, 7) is 1.38. The molecule has 0 radical (unpaired) electrons. The molecule has 0 spiro atoms. The van der Waals surface area contributed by atoms with Gasteiger partial charge in [0.2, 0.25) is 11.8 Å². The average molecular weight is 580 g/mol. The Morgan fingerprint density at radius 1 is 1.15 bits per heavy atom. The summed E-state index contributed by atoms with van der Waals surface area (Å²) in [6, 6.07) is 13.4. The van der Waals surface area contributed by atoms with Gasteiger partial charge in [0.05, 0.1) is 19.1 Å². The number of carbonyl (C=O) groups excluding carboxylic acids is 3. The minimum absolute atomic E-state index is 0.106. The van der Waals surface area contributed by atoms with E-state index in [9.17, 15) is 18.8 Å². The van der Waals surface area contributed by atoms with Gasteiger partial charge in [-0.25, -0.2) is 8.78 Å². The lowest BCUT2D eigenvalue weighted by Crippen LogP contribution is -2.49. The molecule has 214 valence electrons. The van der Waals surface area contributed by atoms with Crippen LogP contribution in [0.2, 0.25) is 0 Å². The van der Waals surface area contributed by atoms with E-state index >= 15 is 4.39 Å². The van der Waals surface area contributed by atoms with Gasteiger partial charge in [0, 0.05) is 33.7 Å². The number of carbonyl (C=O) groups is 3. The van der Waals surface area contributed by atoms with Crippen molar-refractivity contribution in [1.29, 1.82) is 5.41 Å². The molecule has 5 rings (SSSR count). The maximum atomic E-state index is 15.1. The molecule has 0 bridgehead atoms. The fourth-order valence-electron chi connectivity index (χ4n) is 5.59. The van der Waals surface area contributed by atoms with E-state index in [0.29, 0.717) is 11.1 Å². The molecular formula is C30H31F2N5O3S. The maximum absolute atomic E-state index is 15.1. The number of hydrogen-bond donors (Lipinski definition) is 4. The Morgan fingerprint density at radius 3 is 2.59 bits per heavy atom. The van der Waals surface area contributed by atoms with Crippen LogP contribution in [0.25, 0.3) is 11.1 Å². The second-order valence-electron chi connectivity index (χ2n) is 10.7. The third-order valence-electron chi connectivity index (χ3n) is 7.87. The average Bonchev–Trinajstić information content (AvgIpc) is 3.67. The number of hydrogen-bond acceptors (Lipinski definition) is 5. The summed E-state index contributed by atoms with van der Waals surface area (Å²) in [5.41, 5.74) is 8.44. The fraction of sp³-hybridized carbons (Fsp3) is 0.333. The Bertz CT molecular complexity index is 1540. The van der Waals surface area contributed by atoms with Crippen LogP contribution in [-0.2, 0) is 9.59 Å². The zero-order valence-corrected chi connectivity index (χ0v) is 23.5. The van der Waals surface area contributed by atoms with E-state index in [0.717, 1.165) is 26.5 Å². The van der Waals surface area contributed by atoms with Crippen molar-refractivity contribution >= 4 is 34.9 Å². The number of alkyl halides is 2. The van der Waals surface area contributed by atoms with Crippen molar-refractivity contribution in [2.24, 2.45) is 5.73 Å². The molecule has 1 fully saturated rings. The molecule has 1 aromatic heterocycles. The zero-order chi connectivity index (χ0) is 29.5. The van der Waals surface area contributed by atoms with Gasteiger partial charge in [-0.05, 0) is 47.4 Å². The van der Waals surface area contributed by atoms with Gasteiger partial charge in [0.1, 0.15) is 18.6 Å². The number of amides is 3. The maximum Gasteiger partial charge on any atom is 0.251 e. The van der Waals surface area contributed by atoms with Crippen LogP contribution in [0.1, 0.15) is 64.2 Å². The number of fused-ring (bicyclic) bond motifs is 3. The minimum atomic E-state index is -2.36. The lowest BCUT2D eigenvalue weighted by molar-refractivity contribution is -0.138. The summed E-state index contributed by atoms with van der Waals surface area (Å²) < 4.78 is 28.7. The normalized spacial score (nSPS) is 21.6. The van der Waals surface area contributed by atoms with E-state index in [1.54, 1.807) is 24.4 Å². The van der Waals surface area contributed by atoms with Crippen LogP contribution >= 0.6 is 11.3 Å². The van der Waals surface area contributed by atoms with Gasteiger partial charge in [0.25, 0.3) is 5.91 Å². The number of nitrogens with two attached hydrogens (primary N) is 1. The Labute approximate surface area is 240 Å². The number of nitrogen functional groups attached to an aromatic ring is 1. The van der Waals surface area contributed by atoms with Crippen molar-refractivity contribution in [1.82, 2.24) is 15.5 Å². The molecule has 3 amide bonds. The zero-order valence-electron chi connectivity index (χ0n) is 22.7. The topological polar surface area (TPSA) is 128 Å². The summed E-state index contributed by atoms with van der Waals surface area (Å²) in [6.07, 6.45) is -0.492. The lowest BCUT2D eigenvalue weighted by atomic mass is 9.97. The highest BCUT2D eigenvalue weighted by Gasteiger charge is 2.49. The predicted octanol–water partition coefficient (Wildman–Crippen LogP) is 4.05. The smallest absolute Gasteiger partial charge is 0.251 e. The first-order valence-electron chi connectivity index (χ1n) is 13.3. The minimum Gasteiger partial charge on any atom is -0.384 e. The van der Waals surface area contributed by atoms with Crippen molar-refractivity contribution < 1.29 is 23.2 Å². The number of rotatable bonds is 8. The quantitative estimate of drug-likeness (QED) is 0.237. The van der Waals surface area contributed by atoms with Gasteiger partial charge in [-0.15, -0.1) is 11.3 Å². The van der Waals surface area contributed by atoms with Crippen LogP contribution in [0.5, 0.6) is 0 Å². The third-order valence-corrected chi connectivity index (χ3v) is 8.98. The molecule has 8 nitrogen and oxygen atoms in total. The number of nitrogens with zero attached hydrogens (tertiary/aromatic N) is 1. The molecule has 41 heavy (non-hydrogen) atoms. The second-order valence-corrected chi connectivity index (χ2v) is 11.6. The SMILES string of the molecule is CC(NC(=O)[C@@H]1C[C@](F)(CF)CN1C(=O)CNC(=O)c1ccc2c(c1)C(C)c1ccccc1-2)c1cc(C(=N)N)cs1. The number of benzene rings is 2. The van der Waals surface area contributed by atoms with E-state index in [4.69, 9.17) is 11.1 Å². The largest absolute Gasteiger partial charge is 0.384 e. The Balaban J connectivity index is 1.25. The highest BCUT2D eigenvalue weighted by atomic mass is 32.1. The van der Waals surface area contributed by atoms with Crippen molar-refractivity contribution in [3.63, 3.8) is 0 Å². The molecule has 2 aromatic carbocycles. The number of amidine groups is 1. The van der Waals surface area contributed by atoms with Gasteiger partial charge in [-0.1, -0.05) is 37.3 Å². The predicted molar refractivity (Wildman–Crippen MR) is 154 cm³/mol. The van der Waals surface area contributed by atoms with Crippen LogP contribution in [0.15, 0.2) is 53.9 Å². The summed E-state index contributed by atoms with van der Waals surface area (Å²) in [7, 11) is 0. The number of likely N-dealkylation sites (tertiary alicyclic amines) is 1. The molecule has 1 aliphatic heterocycles. The van der Waals surface area contributed by atoms with Gasteiger partial charge in [-0.3, -0.25) is 19.8 Å². The van der Waals surface area contributed by atoms with Gasteiger partial charge < -0.3 is 21.3 Å². The first kappa shape index (κ1) is 28.4. The molecule has 11 heteroatoms. The van der Waals surface area contributed by atoms with Crippen LogP contribution in [-0.4, -0.2) is 59.9 Å². The van der Waals surface area contributed by atoms with E-state index in [2.05, 4.69) is 23.6 Å². The van der Waals surface area contributed by atoms with Gasteiger partial charge in [0.15, 0.2) is 5.67 Å². The van der Waals surface area contributed by atoms with Crippen LogP contribution in [0.3, 0.4) is 0 Å². The first-order valence-corrected chi connectivity index (χ1v) is 14.2. The molecule has 1 aliphatic carbocycles. The van der Waals surface area contributed by atoms with E-state index in [1.165, 1.54) is 16.9 Å². The molecule has 2 heterocycles. The molecule has 2 unspecified atom stereocenters. The number of thiophene rings is 1. The molecule has 5 N–H and O–H groups in total. The number of halogens is 2. The number of nitrogens with one attached hydrogen (secondary N) is 3. The summed E-state index contributed by atoms with van der Waals surface area (Å²) in [5.74, 6) is -1.78. The molecule has 1 saturated heterocycles. The fourth-order valence-corrected chi connectivity index (χ4v) is 6.50. The summed E-state index contributed by atoms with van der Waals surface area (Å²) >= 11 is 1.30. The standard InChI is InChI=1S/C30H31F2N5O3S/c1-16-20-5-3-4-6-21(20)22-8-7-18(9-23(16)22)28(39)35-12-26(38)37-15-30(32,14-31)11-24(37)29(40)36-17(2)25-10-19(13-41-25)27(33)34/h3-10,13,16-17,24H,11-12,14-15H2,1-2H3,(H3,33,34)(H,35,39)(H,36,40)/t16?,17?,24-,30-/m0/s1. The summed E-state index contributed by atoms with van der Waals surface area (Å²) in [5, 5.41) is 14.6. The molecule has 2 aliphatic rings. The highest BCUT2D eigenvalue weighted by molar-refractivity contribution is 7.10. The Morgan fingerprint density at radius 2 is 1.88 bits per heavy atom.